The number of halogens is 4. The Morgan fingerprint density at radius 3 is 2.40 bits per heavy atom. The number of amides is 2. The number of carboxylic acid groups (broad SMARTS) is 1. The number of carbonyl (C=O) groups is 2. The van der Waals surface area contributed by atoms with Gasteiger partial charge in [0.15, 0.2) is 0 Å². The quantitative estimate of drug-likeness (QED) is 0.832. The number of carboxylic acids is 1. The maximum atomic E-state index is 12.2. The summed E-state index contributed by atoms with van der Waals surface area (Å²) in [7, 11) is 0. The number of nitrogens with one attached hydrogen (secondary N) is 1. The highest BCUT2D eigenvalue weighted by Crippen LogP contribution is 2.33. The summed E-state index contributed by atoms with van der Waals surface area (Å²) >= 11 is 5.87. The normalized spacial score (nSPS) is 17.1. The molecule has 2 rings (SSSR count). The number of urea groups is 1. The monoisotopic (exact) mass is 380 g/mol. The Morgan fingerprint density at radius 1 is 1.32 bits per heavy atom. The largest absolute Gasteiger partial charge is 0.573 e. The maximum Gasteiger partial charge on any atom is 0.573 e. The summed E-state index contributed by atoms with van der Waals surface area (Å²) in [6, 6.07) is 2.68. The van der Waals surface area contributed by atoms with E-state index in [1.807, 2.05) is 0 Å². The topological polar surface area (TPSA) is 78.9 Å². The summed E-state index contributed by atoms with van der Waals surface area (Å²) in [6.45, 7) is 2.13. The molecule has 0 aromatic heterocycles. The molecule has 25 heavy (non-hydrogen) atoms. The number of anilines is 1. The standard InChI is InChI=1S/C15H16ClF3N2O4/c1-14(12(22)23)4-6-21(7-5-14)13(24)20-11-3-2-9(8-10(11)16)25-15(17,18)19/h2-3,8H,4-7H2,1H3,(H,20,24)(H,22,23). The van der Waals surface area contributed by atoms with Gasteiger partial charge in [-0.05, 0) is 31.9 Å². The molecule has 1 saturated heterocycles. The molecule has 138 valence electrons. The van der Waals surface area contributed by atoms with Crippen molar-refractivity contribution in [2.75, 3.05) is 18.4 Å². The average Bonchev–Trinajstić information content (AvgIpc) is 2.49. The predicted molar refractivity (Wildman–Crippen MR) is 83.7 cm³/mol. The number of likely N-dealkylation sites (tertiary alicyclic amines) is 1. The average molecular weight is 381 g/mol. The predicted octanol–water partition coefficient (Wildman–Crippen LogP) is 3.96. The fourth-order valence-corrected chi connectivity index (χ4v) is 2.62. The van der Waals surface area contributed by atoms with Gasteiger partial charge in [-0.1, -0.05) is 11.6 Å². The Labute approximate surface area is 146 Å². The Kier molecular flexibility index (Phi) is 5.36. The highest BCUT2D eigenvalue weighted by Gasteiger charge is 2.38. The van der Waals surface area contributed by atoms with Crippen LogP contribution in [0.15, 0.2) is 18.2 Å². The van der Waals surface area contributed by atoms with Crippen molar-refractivity contribution in [2.45, 2.75) is 26.1 Å². The first-order valence-electron chi connectivity index (χ1n) is 7.35. The minimum Gasteiger partial charge on any atom is -0.481 e. The van der Waals surface area contributed by atoms with Crippen molar-refractivity contribution in [3.63, 3.8) is 0 Å². The first-order valence-corrected chi connectivity index (χ1v) is 7.73. The van der Waals surface area contributed by atoms with Gasteiger partial charge in [-0.2, -0.15) is 0 Å². The fourth-order valence-electron chi connectivity index (χ4n) is 2.41. The van der Waals surface area contributed by atoms with Gasteiger partial charge in [0.1, 0.15) is 5.75 Å². The molecule has 0 saturated carbocycles. The van der Waals surface area contributed by atoms with E-state index in [-0.39, 0.29) is 23.8 Å². The number of benzene rings is 1. The number of carbonyl (C=O) groups excluding carboxylic acids is 1. The minimum absolute atomic E-state index is 0.109. The lowest BCUT2D eigenvalue weighted by atomic mass is 9.80. The first-order chi connectivity index (χ1) is 11.5. The Morgan fingerprint density at radius 2 is 1.92 bits per heavy atom. The van der Waals surface area contributed by atoms with Crippen molar-refractivity contribution in [1.82, 2.24) is 4.90 Å². The number of piperidine rings is 1. The van der Waals surface area contributed by atoms with E-state index in [1.54, 1.807) is 6.92 Å². The smallest absolute Gasteiger partial charge is 0.481 e. The van der Waals surface area contributed by atoms with Crippen molar-refractivity contribution >= 4 is 29.3 Å². The lowest BCUT2D eigenvalue weighted by Gasteiger charge is -2.36. The van der Waals surface area contributed by atoms with Crippen LogP contribution in [0.1, 0.15) is 19.8 Å². The van der Waals surface area contributed by atoms with Crippen molar-refractivity contribution in [1.29, 1.82) is 0 Å². The van der Waals surface area contributed by atoms with Crippen molar-refractivity contribution in [3.8, 4) is 5.75 Å². The molecule has 0 atom stereocenters. The molecule has 1 heterocycles. The first kappa shape index (κ1) is 19.2. The molecule has 0 bridgehead atoms. The molecule has 2 amide bonds. The van der Waals surface area contributed by atoms with Gasteiger partial charge in [0.05, 0.1) is 16.1 Å². The molecule has 10 heteroatoms. The van der Waals surface area contributed by atoms with Crippen LogP contribution in [0.4, 0.5) is 23.7 Å². The molecule has 0 spiro atoms. The van der Waals surface area contributed by atoms with E-state index < -0.39 is 29.5 Å². The molecule has 1 aromatic carbocycles. The van der Waals surface area contributed by atoms with Gasteiger partial charge < -0.3 is 20.1 Å². The van der Waals surface area contributed by atoms with Gasteiger partial charge in [0.25, 0.3) is 0 Å². The van der Waals surface area contributed by atoms with Gasteiger partial charge in [-0.15, -0.1) is 13.2 Å². The maximum absolute atomic E-state index is 12.2. The zero-order chi connectivity index (χ0) is 18.8. The highest BCUT2D eigenvalue weighted by atomic mass is 35.5. The van der Waals surface area contributed by atoms with Gasteiger partial charge in [-0.25, -0.2) is 4.79 Å². The fraction of sp³-hybridized carbons (Fsp3) is 0.467. The van der Waals surface area contributed by atoms with Crippen molar-refractivity contribution in [3.05, 3.63) is 23.2 Å². The number of ether oxygens (including phenoxy) is 1. The Bertz CT molecular complexity index is 673. The molecule has 1 fully saturated rings. The Balaban J connectivity index is 1.98. The molecule has 0 unspecified atom stereocenters. The van der Waals surface area contributed by atoms with Crippen LogP contribution in [0.3, 0.4) is 0 Å². The van der Waals surface area contributed by atoms with Gasteiger partial charge in [-0.3, -0.25) is 4.79 Å². The van der Waals surface area contributed by atoms with Crippen LogP contribution in [-0.4, -0.2) is 41.5 Å². The molecule has 2 N–H and O–H groups in total. The number of alkyl halides is 3. The SMILES string of the molecule is CC1(C(=O)O)CCN(C(=O)Nc2ccc(OC(F)(F)F)cc2Cl)CC1. The zero-order valence-corrected chi connectivity index (χ0v) is 13.9. The second-order valence-corrected chi connectivity index (χ2v) is 6.38. The van der Waals surface area contributed by atoms with Crippen molar-refractivity contribution < 1.29 is 32.6 Å². The van der Waals surface area contributed by atoms with Gasteiger partial charge in [0, 0.05) is 19.2 Å². The summed E-state index contributed by atoms with van der Waals surface area (Å²) in [4.78, 5) is 24.8. The molecular formula is C15H16ClF3N2O4. The minimum atomic E-state index is -4.83. The number of hydrogen-bond acceptors (Lipinski definition) is 3. The second kappa shape index (κ2) is 6.99. The summed E-state index contributed by atoms with van der Waals surface area (Å²) in [5.74, 6) is -1.40. The number of nitrogens with zero attached hydrogens (tertiary/aromatic N) is 1. The van der Waals surface area contributed by atoms with Crippen LogP contribution in [0.25, 0.3) is 0 Å². The van der Waals surface area contributed by atoms with Crippen LogP contribution in [-0.2, 0) is 4.79 Å². The van der Waals surface area contributed by atoms with E-state index in [4.69, 9.17) is 11.6 Å². The van der Waals surface area contributed by atoms with E-state index in [1.165, 1.54) is 11.0 Å². The van der Waals surface area contributed by atoms with E-state index >= 15 is 0 Å². The van der Waals surface area contributed by atoms with Crippen LogP contribution >= 0.6 is 11.6 Å². The summed E-state index contributed by atoms with van der Waals surface area (Å²) in [6.07, 6.45) is -4.22. The van der Waals surface area contributed by atoms with Crippen LogP contribution in [0.5, 0.6) is 5.75 Å². The van der Waals surface area contributed by atoms with E-state index in [0.717, 1.165) is 12.1 Å². The number of aliphatic carboxylic acids is 1. The zero-order valence-electron chi connectivity index (χ0n) is 13.2. The molecule has 1 aromatic rings. The lowest BCUT2D eigenvalue weighted by molar-refractivity contribution is -0.274. The molecular weight excluding hydrogens is 365 g/mol. The van der Waals surface area contributed by atoms with Crippen molar-refractivity contribution in [2.24, 2.45) is 5.41 Å². The number of hydrogen-bond donors (Lipinski definition) is 2. The van der Waals surface area contributed by atoms with Gasteiger partial charge in [0.2, 0.25) is 0 Å². The van der Waals surface area contributed by atoms with Crippen LogP contribution in [0.2, 0.25) is 5.02 Å². The third-order valence-corrected chi connectivity index (χ3v) is 4.40. The third-order valence-electron chi connectivity index (χ3n) is 4.09. The molecule has 1 aliphatic rings. The molecule has 1 aliphatic heterocycles. The summed E-state index contributed by atoms with van der Waals surface area (Å²) in [5.41, 5.74) is -0.738. The molecule has 6 nitrogen and oxygen atoms in total. The lowest BCUT2D eigenvalue weighted by Crippen LogP contribution is -2.46. The van der Waals surface area contributed by atoms with E-state index in [9.17, 15) is 27.9 Å². The molecule has 0 radical (unpaired) electrons. The van der Waals surface area contributed by atoms with E-state index in [0.29, 0.717) is 12.8 Å². The summed E-state index contributed by atoms with van der Waals surface area (Å²) in [5, 5.41) is 11.6. The van der Waals surface area contributed by atoms with Gasteiger partial charge >= 0.3 is 18.4 Å². The Hall–Kier alpha value is -2.16. The third kappa shape index (κ3) is 4.91. The summed E-state index contributed by atoms with van der Waals surface area (Å²) < 4.78 is 40.2. The number of rotatable bonds is 3. The molecule has 0 aliphatic carbocycles. The van der Waals surface area contributed by atoms with E-state index in [2.05, 4.69) is 10.1 Å². The highest BCUT2D eigenvalue weighted by molar-refractivity contribution is 6.33. The van der Waals surface area contributed by atoms with Crippen LogP contribution < -0.4 is 10.1 Å². The second-order valence-electron chi connectivity index (χ2n) is 5.97. The van der Waals surface area contributed by atoms with Crippen LogP contribution in [0, 0.1) is 5.41 Å².